The van der Waals surface area contributed by atoms with Gasteiger partial charge in [0.2, 0.25) is 0 Å². The van der Waals surface area contributed by atoms with E-state index in [1.807, 2.05) is 0 Å². The predicted molar refractivity (Wildman–Crippen MR) is 206 cm³/mol. The number of aliphatic carboxylic acids is 2. The molecule has 0 rings (SSSR count). The Labute approximate surface area is 295 Å². The summed E-state index contributed by atoms with van der Waals surface area (Å²) in [6, 6.07) is 0. The normalized spacial score (nSPS) is 12.8. The lowest BCUT2D eigenvalue weighted by atomic mass is 10.0. The molecule has 0 radical (unpaired) electrons. The minimum Gasteiger partial charge on any atom is -0.480 e. The Bertz CT molecular complexity index is 591. The van der Waals surface area contributed by atoms with Crippen molar-refractivity contribution in [3.05, 3.63) is 0 Å². The average molecular weight is 687 g/mol. The third kappa shape index (κ3) is 33.5. The summed E-state index contributed by atoms with van der Waals surface area (Å²) in [5.41, 5.74) is 0. The molecule has 2 unspecified atom stereocenters. The summed E-state index contributed by atoms with van der Waals surface area (Å²) >= 11 is 0. The highest BCUT2D eigenvalue weighted by molar-refractivity contribution is 8.77. The van der Waals surface area contributed by atoms with Crippen molar-refractivity contribution in [3.63, 3.8) is 0 Å². The summed E-state index contributed by atoms with van der Waals surface area (Å²) in [7, 11) is 2.56. The first-order valence-corrected chi connectivity index (χ1v) is 22.6. The van der Waals surface area contributed by atoms with Gasteiger partial charge < -0.3 is 10.2 Å². The molecule has 2 atom stereocenters. The van der Waals surface area contributed by atoms with Gasteiger partial charge in [0.1, 0.15) is 10.5 Å². The van der Waals surface area contributed by atoms with Crippen molar-refractivity contribution in [2.75, 3.05) is 0 Å². The van der Waals surface area contributed by atoms with Crippen LogP contribution in [0.1, 0.15) is 232 Å². The summed E-state index contributed by atoms with van der Waals surface area (Å²) in [5, 5.41) is 18.4. The van der Waals surface area contributed by atoms with Gasteiger partial charge in [-0.1, -0.05) is 241 Å². The Morgan fingerprint density at radius 3 is 0.696 bits per heavy atom. The quantitative estimate of drug-likeness (QED) is 0.0495. The van der Waals surface area contributed by atoms with Crippen LogP contribution in [0.3, 0.4) is 0 Å². The fraction of sp³-hybridized carbons (Fsp3) is 0.950. The van der Waals surface area contributed by atoms with E-state index in [0.717, 1.165) is 25.7 Å². The molecule has 4 nitrogen and oxygen atoms in total. The maximum absolute atomic E-state index is 11.8. The van der Waals surface area contributed by atoms with Crippen molar-refractivity contribution in [1.82, 2.24) is 0 Å². The Morgan fingerprint density at radius 1 is 0.348 bits per heavy atom. The molecule has 274 valence electrons. The molecule has 0 heterocycles. The summed E-state index contributed by atoms with van der Waals surface area (Å²) in [6.07, 6.45) is 43.2. The topological polar surface area (TPSA) is 74.6 Å². The van der Waals surface area contributed by atoms with Gasteiger partial charge in [-0.25, -0.2) is 0 Å². The first-order valence-electron chi connectivity index (χ1n) is 20.3. The van der Waals surface area contributed by atoms with Gasteiger partial charge in [-0.3, -0.25) is 9.59 Å². The van der Waals surface area contributed by atoms with Gasteiger partial charge in [0, 0.05) is 0 Å². The van der Waals surface area contributed by atoms with E-state index in [9.17, 15) is 19.8 Å². The largest absolute Gasteiger partial charge is 0.480 e. The molecule has 0 aliphatic rings. The summed E-state index contributed by atoms with van der Waals surface area (Å²) in [5.74, 6) is -1.60. The van der Waals surface area contributed by atoms with Crippen molar-refractivity contribution in [1.29, 1.82) is 0 Å². The maximum Gasteiger partial charge on any atom is 0.317 e. The maximum atomic E-state index is 11.8. The van der Waals surface area contributed by atoms with E-state index in [1.54, 1.807) is 0 Å². The van der Waals surface area contributed by atoms with Crippen LogP contribution in [0, 0.1) is 0 Å². The Morgan fingerprint density at radius 2 is 0.522 bits per heavy atom. The van der Waals surface area contributed by atoms with Crippen LogP contribution < -0.4 is 0 Å². The first-order chi connectivity index (χ1) is 22.5. The fourth-order valence-electron chi connectivity index (χ4n) is 6.32. The van der Waals surface area contributed by atoms with Gasteiger partial charge in [0.15, 0.2) is 0 Å². The van der Waals surface area contributed by atoms with Crippen LogP contribution in [0.5, 0.6) is 0 Å². The van der Waals surface area contributed by atoms with Crippen LogP contribution in [0.25, 0.3) is 0 Å². The lowest BCUT2D eigenvalue weighted by Gasteiger charge is -2.15. The number of rotatable bonds is 39. The molecule has 0 saturated carbocycles. The average Bonchev–Trinajstić information content (AvgIpc) is 3.04. The number of unbranched alkanes of at least 4 members (excludes halogenated alkanes) is 30. The van der Waals surface area contributed by atoms with Gasteiger partial charge in [-0.05, 0) is 12.8 Å². The standard InChI is InChI=1S/C40H78O4S2/c1-3-5-7-9-11-13-15-17-19-21-23-25-27-29-31-33-35-37(39(41)42)45-46-38(40(43)44)36-34-32-30-28-26-24-22-20-18-16-14-12-10-8-6-4-2/h37-38H,3-36H2,1-2H3,(H,41,42)(H,43,44). The Hall–Kier alpha value is -0.360. The smallest absolute Gasteiger partial charge is 0.317 e. The first kappa shape index (κ1) is 45.6. The van der Waals surface area contributed by atoms with Crippen LogP contribution in [-0.4, -0.2) is 32.7 Å². The third-order valence-electron chi connectivity index (χ3n) is 9.48. The van der Waals surface area contributed by atoms with Crippen LogP contribution in [-0.2, 0) is 9.59 Å². The van der Waals surface area contributed by atoms with E-state index >= 15 is 0 Å². The molecule has 0 aromatic rings. The summed E-state index contributed by atoms with van der Waals surface area (Å²) in [6.45, 7) is 4.55. The number of hydrogen-bond donors (Lipinski definition) is 2. The molecule has 0 aromatic carbocycles. The minimum atomic E-state index is -0.801. The molecule has 0 bridgehead atoms. The van der Waals surface area contributed by atoms with Gasteiger partial charge in [0.25, 0.3) is 0 Å². The van der Waals surface area contributed by atoms with E-state index in [1.165, 1.54) is 201 Å². The van der Waals surface area contributed by atoms with E-state index in [-0.39, 0.29) is 0 Å². The van der Waals surface area contributed by atoms with Crippen molar-refractivity contribution in [3.8, 4) is 0 Å². The molecule has 0 spiro atoms. The molecular formula is C40H78O4S2. The van der Waals surface area contributed by atoms with E-state index in [2.05, 4.69) is 13.8 Å². The van der Waals surface area contributed by atoms with E-state index < -0.39 is 22.4 Å². The summed E-state index contributed by atoms with van der Waals surface area (Å²) < 4.78 is 0. The summed E-state index contributed by atoms with van der Waals surface area (Å²) in [4.78, 5) is 23.6. The number of hydrogen-bond acceptors (Lipinski definition) is 4. The SMILES string of the molecule is CCCCCCCCCCCCCCCCCCC(SSC(CCCCCCCCCCCCCCCCCC)C(=O)O)C(=O)O. The van der Waals surface area contributed by atoms with Crippen LogP contribution in [0.15, 0.2) is 0 Å². The highest BCUT2D eigenvalue weighted by Crippen LogP contribution is 2.36. The zero-order valence-corrected chi connectivity index (χ0v) is 32.4. The van der Waals surface area contributed by atoms with Crippen LogP contribution in [0.4, 0.5) is 0 Å². The van der Waals surface area contributed by atoms with E-state index in [4.69, 9.17) is 0 Å². The highest BCUT2D eigenvalue weighted by Gasteiger charge is 2.24. The molecular weight excluding hydrogens is 609 g/mol. The molecule has 0 fully saturated rings. The van der Waals surface area contributed by atoms with Gasteiger partial charge >= 0.3 is 11.9 Å². The molecule has 2 N–H and O–H groups in total. The second-order valence-corrected chi connectivity index (χ2v) is 16.7. The Kier molecular flexibility index (Phi) is 37.2. The predicted octanol–water partition coefficient (Wildman–Crippen LogP) is 14.6. The molecule has 0 aromatic heterocycles. The van der Waals surface area contributed by atoms with E-state index in [0.29, 0.717) is 12.8 Å². The lowest BCUT2D eigenvalue weighted by molar-refractivity contribution is -0.137. The number of carboxylic acids is 2. The molecule has 6 heteroatoms. The molecule has 46 heavy (non-hydrogen) atoms. The second kappa shape index (κ2) is 37.5. The second-order valence-electron chi connectivity index (χ2n) is 14.0. The lowest BCUT2D eigenvalue weighted by Crippen LogP contribution is -2.19. The van der Waals surface area contributed by atoms with Gasteiger partial charge in [-0.2, -0.15) is 0 Å². The molecule has 0 aliphatic carbocycles. The van der Waals surface area contributed by atoms with Gasteiger partial charge in [0.05, 0.1) is 0 Å². The van der Waals surface area contributed by atoms with Crippen molar-refractivity contribution < 1.29 is 19.8 Å². The van der Waals surface area contributed by atoms with Crippen molar-refractivity contribution in [2.24, 2.45) is 0 Å². The highest BCUT2D eigenvalue weighted by atomic mass is 33.1. The molecule has 0 aliphatic heterocycles. The van der Waals surface area contributed by atoms with Gasteiger partial charge in [-0.15, -0.1) is 0 Å². The minimum absolute atomic E-state index is 0.510. The monoisotopic (exact) mass is 687 g/mol. The molecule has 0 amide bonds. The third-order valence-corrected chi connectivity index (χ3v) is 12.7. The Balaban J connectivity index is 3.71. The van der Waals surface area contributed by atoms with Crippen LogP contribution >= 0.6 is 21.6 Å². The number of carboxylic acid groups (broad SMARTS) is 2. The fourth-order valence-corrected chi connectivity index (χ4v) is 9.15. The van der Waals surface area contributed by atoms with Crippen molar-refractivity contribution >= 4 is 33.5 Å². The zero-order chi connectivity index (χ0) is 33.8. The number of carbonyl (C=O) groups is 2. The van der Waals surface area contributed by atoms with Crippen LogP contribution in [0.2, 0.25) is 0 Å². The zero-order valence-electron chi connectivity index (χ0n) is 30.7. The van der Waals surface area contributed by atoms with Crippen molar-refractivity contribution in [2.45, 2.75) is 243 Å². The molecule has 0 saturated heterocycles.